The molecule has 0 radical (unpaired) electrons. The fourth-order valence-electron chi connectivity index (χ4n) is 2.29. The Kier molecular flexibility index (Phi) is 2.68. The monoisotopic (exact) mass is 268 g/mol. The average Bonchev–Trinajstić information content (AvgIpc) is 2.67. The highest BCUT2D eigenvalue weighted by molar-refractivity contribution is 6.23. The molecule has 0 bridgehead atoms. The number of imide groups is 1. The minimum absolute atomic E-state index is 0.139. The Labute approximate surface area is 115 Å². The van der Waals surface area contributed by atoms with Crippen LogP contribution in [0.5, 0.6) is 5.75 Å². The summed E-state index contributed by atoms with van der Waals surface area (Å²) < 4.78 is 0. The van der Waals surface area contributed by atoms with Gasteiger partial charge in [-0.05, 0) is 29.8 Å². The van der Waals surface area contributed by atoms with Gasteiger partial charge < -0.3 is 10.8 Å². The zero-order valence-corrected chi connectivity index (χ0v) is 10.5. The van der Waals surface area contributed by atoms with Crippen molar-refractivity contribution in [3.05, 3.63) is 59.2 Å². The summed E-state index contributed by atoms with van der Waals surface area (Å²) in [6.45, 7) is 0.159. The van der Waals surface area contributed by atoms with Crippen LogP contribution in [0.4, 0.5) is 5.69 Å². The summed E-state index contributed by atoms with van der Waals surface area (Å²) in [4.78, 5) is 25.7. The number of fused-ring (bicyclic) bond motifs is 1. The summed E-state index contributed by atoms with van der Waals surface area (Å²) >= 11 is 0. The van der Waals surface area contributed by atoms with E-state index in [-0.39, 0.29) is 29.7 Å². The SMILES string of the molecule is Nc1cccc2c1C(=O)N(Cc1ccc(O)cc1)C2=O. The molecule has 100 valence electrons. The molecular formula is C15H12N2O3. The third-order valence-electron chi connectivity index (χ3n) is 3.31. The number of carbonyl (C=O) groups is 2. The number of nitrogens with zero attached hydrogens (tertiary/aromatic N) is 1. The number of benzene rings is 2. The largest absolute Gasteiger partial charge is 0.508 e. The van der Waals surface area contributed by atoms with Crippen molar-refractivity contribution in [1.82, 2.24) is 4.90 Å². The first-order valence-electron chi connectivity index (χ1n) is 6.10. The maximum absolute atomic E-state index is 12.3. The molecule has 3 rings (SSSR count). The second kappa shape index (κ2) is 4.38. The van der Waals surface area contributed by atoms with E-state index in [4.69, 9.17) is 5.73 Å². The first-order valence-corrected chi connectivity index (χ1v) is 6.10. The van der Waals surface area contributed by atoms with Crippen molar-refractivity contribution in [3.63, 3.8) is 0 Å². The van der Waals surface area contributed by atoms with Gasteiger partial charge in [0.1, 0.15) is 5.75 Å². The van der Waals surface area contributed by atoms with Gasteiger partial charge in [0.05, 0.1) is 17.7 Å². The molecule has 0 fully saturated rings. The molecule has 0 aliphatic carbocycles. The number of phenolic OH excluding ortho intramolecular Hbond substituents is 1. The molecule has 2 aromatic rings. The van der Waals surface area contributed by atoms with E-state index in [1.165, 1.54) is 12.1 Å². The molecule has 2 amide bonds. The van der Waals surface area contributed by atoms with Crippen molar-refractivity contribution >= 4 is 17.5 Å². The fraction of sp³-hybridized carbons (Fsp3) is 0.0667. The van der Waals surface area contributed by atoms with Gasteiger partial charge in [-0.3, -0.25) is 14.5 Å². The van der Waals surface area contributed by atoms with Gasteiger partial charge in [-0.2, -0.15) is 0 Å². The lowest BCUT2D eigenvalue weighted by Gasteiger charge is -2.13. The van der Waals surface area contributed by atoms with E-state index in [0.717, 1.165) is 10.5 Å². The molecule has 2 aromatic carbocycles. The minimum Gasteiger partial charge on any atom is -0.508 e. The lowest BCUT2D eigenvalue weighted by atomic mass is 10.1. The number of hydrogen-bond acceptors (Lipinski definition) is 4. The number of anilines is 1. The molecule has 5 heteroatoms. The number of carbonyl (C=O) groups excluding carboxylic acids is 2. The van der Waals surface area contributed by atoms with E-state index < -0.39 is 0 Å². The van der Waals surface area contributed by atoms with E-state index in [1.54, 1.807) is 30.3 Å². The van der Waals surface area contributed by atoms with E-state index in [9.17, 15) is 14.7 Å². The molecule has 0 saturated carbocycles. The summed E-state index contributed by atoms with van der Waals surface area (Å²) in [7, 11) is 0. The quantitative estimate of drug-likeness (QED) is 0.642. The second-order valence-corrected chi connectivity index (χ2v) is 4.63. The van der Waals surface area contributed by atoms with Crippen LogP contribution in [-0.2, 0) is 6.54 Å². The highest BCUT2D eigenvalue weighted by Crippen LogP contribution is 2.28. The number of amides is 2. The molecule has 0 aromatic heterocycles. The molecular weight excluding hydrogens is 256 g/mol. The van der Waals surface area contributed by atoms with Gasteiger partial charge in [0.25, 0.3) is 11.8 Å². The second-order valence-electron chi connectivity index (χ2n) is 4.63. The molecule has 3 N–H and O–H groups in total. The Morgan fingerprint density at radius 2 is 1.70 bits per heavy atom. The molecule has 5 nitrogen and oxygen atoms in total. The van der Waals surface area contributed by atoms with Crippen LogP contribution in [-0.4, -0.2) is 21.8 Å². The predicted octanol–water partition coefficient (Wildman–Crippen LogP) is 1.77. The molecule has 20 heavy (non-hydrogen) atoms. The zero-order chi connectivity index (χ0) is 14.3. The van der Waals surface area contributed by atoms with Crippen LogP contribution in [0, 0.1) is 0 Å². The van der Waals surface area contributed by atoms with Crippen LogP contribution in [0.3, 0.4) is 0 Å². The summed E-state index contributed by atoms with van der Waals surface area (Å²) in [6, 6.07) is 11.2. The van der Waals surface area contributed by atoms with Crippen molar-refractivity contribution in [2.24, 2.45) is 0 Å². The number of phenols is 1. The zero-order valence-electron chi connectivity index (χ0n) is 10.5. The Balaban J connectivity index is 1.94. The topological polar surface area (TPSA) is 83.6 Å². The van der Waals surface area contributed by atoms with Crippen molar-refractivity contribution in [3.8, 4) is 5.75 Å². The first-order chi connectivity index (χ1) is 9.58. The summed E-state index contributed by atoms with van der Waals surface area (Å²) in [5, 5.41) is 9.24. The molecule has 1 aliphatic heterocycles. The smallest absolute Gasteiger partial charge is 0.263 e. The predicted molar refractivity (Wildman–Crippen MR) is 73.2 cm³/mol. The van der Waals surface area contributed by atoms with Crippen LogP contribution in [0.2, 0.25) is 0 Å². The number of nitrogens with two attached hydrogens (primary N) is 1. The Bertz CT molecular complexity index is 708. The first kappa shape index (κ1) is 12.2. The van der Waals surface area contributed by atoms with E-state index in [1.807, 2.05) is 0 Å². The standard InChI is InChI=1S/C15H12N2O3/c16-12-3-1-2-11-13(12)15(20)17(14(11)19)8-9-4-6-10(18)7-5-9/h1-7,18H,8,16H2. The van der Waals surface area contributed by atoms with Crippen molar-refractivity contribution < 1.29 is 14.7 Å². The van der Waals surface area contributed by atoms with Gasteiger partial charge in [0, 0.05) is 5.69 Å². The Hall–Kier alpha value is -2.82. The van der Waals surface area contributed by atoms with Gasteiger partial charge in [-0.15, -0.1) is 0 Å². The highest BCUT2D eigenvalue weighted by atomic mass is 16.3. The normalized spacial score (nSPS) is 13.7. The van der Waals surface area contributed by atoms with Crippen LogP contribution in [0.1, 0.15) is 26.3 Å². The molecule has 0 unspecified atom stereocenters. The molecule has 1 heterocycles. The van der Waals surface area contributed by atoms with Crippen LogP contribution in [0.25, 0.3) is 0 Å². The van der Waals surface area contributed by atoms with Gasteiger partial charge in [-0.1, -0.05) is 18.2 Å². The maximum Gasteiger partial charge on any atom is 0.263 e. The minimum atomic E-state index is -0.379. The van der Waals surface area contributed by atoms with Crippen molar-refractivity contribution in [1.29, 1.82) is 0 Å². The van der Waals surface area contributed by atoms with Crippen molar-refractivity contribution in [2.75, 3.05) is 5.73 Å². The number of aromatic hydroxyl groups is 1. The molecule has 0 saturated heterocycles. The van der Waals surface area contributed by atoms with Crippen LogP contribution >= 0.6 is 0 Å². The lowest BCUT2D eigenvalue weighted by Crippen LogP contribution is -2.29. The number of rotatable bonds is 2. The molecule has 0 spiro atoms. The lowest BCUT2D eigenvalue weighted by molar-refractivity contribution is 0.0642. The Morgan fingerprint density at radius 1 is 1.00 bits per heavy atom. The molecule has 1 aliphatic rings. The maximum atomic E-state index is 12.3. The van der Waals surface area contributed by atoms with Crippen LogP contribution < -0.4 is 5.73 Å². The van der Waals surface area contributed by atoms with E-state index in [0.29, 0.717) is 11.3 Å². The Morgan fingerprint density at radius 3 is 2.35 bits per heavy atom. The van der Waals surface area contributed by atoms with Gasteiger partial charge in [-0.25, -0.2) is 0 Å². The number of hydrogen-bond donors (Lipinski definition) is 2. The third kappa shape index (κ3) is 1.80. The van der Waals surface area contributed by atoms with E-state index in [2.05, 4.69) is 0 Å². The summed E-state index contributed by atoms with van der Waals surface area (Å²) in [5.41, 5.74) is 7.46. The van der Waals surface area contributed by atoms with Crippen molar-refractivity contribution in [2.45, 2.75) is 6.54 Å². The van der Waals surface area contributed by atoms with Crippen LogP contribution in [0.15, 0.2) is 42.5 Å². The molecule has 0 atom stereocenters. The third-order valence-corrected chi connectivity index (χ3v) is 3.31. The number of nitrogen functional groups attached to an aromatic ring is 1. The van der Waals surface area contributed by atoms with Gasteiger partial charge in [0.15, 0.2) is 0 Å². The van der Waals surface area contributed by atoms with Gasteiger partial charge in [0.2, 0.25) is 0 Å². The highest BCUT2D eigenvalue weighted by Gasteiger charge is 2.36. The fourth-order valence-corrected chi connectivity index (χ4v) is 2.29. The summed E-state index contributed by atoms with van der Waals surface area (Å²) in [6.07, 6.45) is 0. The average molecular weight is 268 g/mol. The summed E-state index contributed by atoms with van der Waals surface area (Å²) in [5.74, 6) is -0.582. The van der Waals surface area contributed by atoms with Gasteiger partial charge >= 0.3 is 0 Å². The van der Waals surface area contributed by atoms with E-state index >= 15 is 0 Å².